The van der Waals surface area contributed by atoms with Gasteiger partial charge in [0.15, 0.2) is 5.65 Å². The van der Waals surface area contributed by atoms with Crippen LogP contribution in [-0.2, 0) is 6.54 Å². The van der Waals surface area contributed by atoms with Gasteiger partial charge in [-0.25, -0.2) is 9.97 Å². The average molecular weight is 405 g/mol. The first-order valence-corrected chi connectivity index (χ1v) is 10.7. The molecule has 6 nitrogen and oxygen atoms in total. The minimum Gasteiger partial charge on any atom is -0.324 e. The number of likely N-dealkylation sites (N-methyl/N-ethyl adjacent to an activating group) is 1. The maximum absolute atomic E-state index is 4.68. The van der Waals surface area contributed by atoms with E-state index in [1.54, 1.807) is 0 Å². The van der Waals surface area contributed by atoms with Crippen LogP contribution in [0.1, 0.15) is 48.1 Å². The molecule has 0 aliphatic carbocycles. The summed E-state index contributed by atoms with van der Waals surface area (Å²) in [7, 11) is 2.18. The summed E-state index contributed by atoms with van der Waals surface area (Å²) in [6, 6.07) is 4.74. The number of hydrogen-bond acceptors (Lipinski definition) is 5. The third-order valence-corrected chi connectivity index (χ3v) is 6.06. The zero-order chi connectivity index (χ0) is 21.4. The van der Waals surface area contributed by atoms with E-state index in [2.05, 4.69) is 75.8 Å². The fourth-order valence-corrected chi connectivity index (χ4v) is 4.30. The lowest BCUT2D eigenvalue weighted by Gasteiger charge is -2.32. The monoisotopic (exact) mass is 404 g/mol. The number of aryl methyl sites for hydroxylation is 2. The van der Waals surface area contributed by atoms with E-state index in [1.807, 2.05) is 19.3 Å². The molecule has 30 heavy (non-hydrogen) atoms. The van der Waals surface area contributed by atoms with E-state index in [-0.39, 0.29) is 0 Å². The third kappa shape index (κ3) is 4.02. The van der Waals surface area contributed by atoms with Gasteiger partial charge in [-0.1, -0.05) is 6.58 Å². The van der Waals surface area contributed by atoms with Gasteiger partial charge in [0.2, 0.25) is 0 Å². The Bertz CT molecular complexity index is 1070. The molecule has 0 N–H and O–H groups in total. The van der Waals surface area contributed by atoms with Crippen molar-refractivity contribution in [1.29, 1.82) is 0 Å². The average Bonchev–Trinajstić information content (AvgIpc) is 3.05. The van der Waals surface area contributed by atoms with Crippen molar-refractivity contribution >= 4 is 16.7 Å². The van der Waals surface area contributed by atoms with Gasteiger partial charge in [-0.2, -0.15) is 0 Å². The summed E-state index contributed by atoms with van der Waals surface area (Å²) in [6.45, 7) is 18.2. The molecule has 0 bridgehead atoms. The Balaban J connectivity index is 1.63. The predicted molar refractivity (Wildman–Crippen MR) is 123 cm³/mol. The minimum atomic E-state index is 0.329. The van der Waals surface area contributed by atoms with Crippen LogP contribution >= 0.6 is 0 Å². The van der Waals surface area contributed by atoms with Gasteiger partial charge in [-0.3, -0.25) is 9.88 Å². The van der Waals surface area contributed by atoms with E-state index in [0.29, 0.717) is 6.04 Å². The zero-order valence-corrected chi connectivity index (χ0v) is 18.8. The number of nitrogens with zero attached hydrogens (tertiary/aromatic N) is 6. The van der Waals surface area contributed by atoms with Crippen molar-refractivity contribution in [2.45, 2.75) is 40.3 Å². The highest BCUT2D eigenvalue weighted by Crippen LogP contribution is 2.28. The summed E-state index contributed by atoms with van der Waals surface area (Å²) < 4.78 is 2.23. The molecule has 0 radical (unpaired) electrons. The number of fused-ring (bicyclic) bond motifs is 1. The van der Waals surface area contributed by atoms with Crippen LogP contribution < -0.4 is 0 Å². The first-order valence-electron chi connectivity index (χ1n) is 10.7. The largest absolute Gasteiger partial charge is 0.324 e. The Kier molecular flexibility index (Phi) is 5.71. The molecule has 0 atom stereocenters. The Morgan fingerprint density at radius 3 is 2.50 bits per heavy atom. The zero-order valence-electron chi connectivity index (χ0n) is 18.8. The number of hydrogen-bond donors (Lipinski definition) is 0. The summed E-state index contributed by atoms with van der Waals surface area (Å²) in [4.78, 5) is 18.8. The van der Waals surface area contributed by atoms with E-state index >= 15 is 0 Å². The van der Waals surface area contributed by atoms with E-state index in [9.17, 15) is 0 Å². The molecule has 0 amide bonds. The van der Waals surface area contributed by atoms with E-state index in [1.165, 1.54) is 5.56 Å². The molecule has 0 spiro atoms. The molecular formula is C24H32N6. The molecule has 1 fully saturated rings. The summed E-state index contributed by atoms with van der Waals surface area (Å²) in [5, 5.41) is 0. The van der Waals surface area contributed by atoms with Crippen LogP contribution in [0.5, 0.6) is 0 Å². The van der Waals surface area contributed by atoms with Crippen LogP contribution in [0.15, 0.2) is 31.1 Å². The van der Waals surface area contributed by atoms with Crippen molar-refractivity contribution < 1.29 is 0 Å². The molecule has 3 aromatic heterocycles. The lowest BCUT2D eigenvalue weighted by molar-refractivity contribution is 0.148. The molecule has 0 aromatic carbocycles. The molecular weight excluding hydrogens is 372 g/mol. The number of pyridine rings is 2. The Labute approximate surface area is 179 Å². The molecule has 1 aliphatic heterocycles. The maximum atomic E-state index is 4.68. The quantitative estimate of drug-likeness (QED) is 0.647. The third-order valence-electron chi connectivity index (χ3n) is 6.06. The SMILES string of the molecule is C=C(c1cnc2nc(C)n(C(C)C)c2c1)c1cc(CN2CCN(C)CC2)cnc1C. The van der Waals surface area contributed by atoms with Crippen molar-refractivity contribution in [2.24, 2.45) is 0 Å². The van der Waals surface area contributed by atoms with Gasteiger partial charge in [0.05, 0.1) is 5.52 Å². The van der Waals surface area contributed by atoms with Gasteiger partial charge in [-0.15, -0.1) is 0 Å². The fraction of sp³-hybridized carbons (Fsp3) is 0.458. The molecule has 6 heteroatoms. The van der Waals surface area contributed by atoms with Crippen molar-refractivity contribution in [3.05, 3.63) is 59.3 Å². The minimum absolute atomic E-state index is 0.329. The van der Waals surface area contributed by atoms with Crippen LogP contribution in [0.3, 0.4) is 0 Å². The normalized spacial score (nSPS) is 15.9. The number of rotatable bonds is 5. The lowest BCUT2D eigenvalue weighted by Crippen LogP contribution is -2.43. The van der Waals surface area contributed by atoms with Crippen LogP contribution in [0.4, 0.5) is 0 Å². The maximum Gasteiger partial charge on any atom is 0.177 e. The summed E-state index contributed by atoms with van der Waals surface area (Å²) >= 11 is 0. The Morgan fingerprint density at radius 1 is 1.07 bits per heavy atom. The van der Waals surface area contributed by atoms with Crippen LogP contribution in [-0.4, -0.2) is 62.5 Å². The van der Waals surface area contributed by atoms with Crippen molar-refractivity contribution in [3.8, 4) is 0 Å². The second-order valence-electron chi connectivity index (χ2n) is 8.72. The first kappa shape index (κ1) is 20.7. The number of imidazole rings is 1. The second kappa shape index (κ2) is 8.28. The van der Waals surface area contributed by atoms with Gasteiger partial charge in [0.25, 0.3) is 0 Å². The highest BCUT2D eigenvalue weighted by atomic mass is 15.2. The lowest BCUT2D eigenvalue weighted by atomic mass is 9.98. The molecule has 1 saturated heterocycles. The first-order chi connectivity index (χ1) is 14.3. The molecule has 4 heterocycles. The summed E-state index contributed by atoms with van der Waals surface area (Å²) in [5.74, 6) is 0.988. The second-order valence-corrected chi connectivity index (χ2v) is 8.72. The predicted octanol–water partition coefficient (Wildman–Crippen LogP) is 3.83. The van der Waals surface area contributed by atoms with Gasteiger partial charge >= 0.3 is 0 Å². The molecule has 0 saturated carbocycles. The van der Waals surface area contributed by atoms with Crippen LogP contribution in [0.25, 0.3) is 16.7 Å². The number of aromatic nitrogens is 4. The molecule has 0 unspecified atom stereocenters. The van der Waals surface area contributed by atoms with Crippen LogP contribution in [0.2, 0.25) is 0 Å². The van der Waals surface area contributed by atoms with Gasteiger partial charge in [0, 0.05) is 68.0 Å². The number of piperazine rings is 1. The molecule has 4 rings (SSSR count). The van der Waals surface area contributed by atoms with E-state index in [4.69, 9.17) is 0 Å². The molecule has 1 aliphatic rings. The van der Waals surface area contributed by atoms with Crippen molar-refractivity contribution in [3.63, 3.8) is 0 Å². The standard InChI is InChI=1S/C24H32N6/c1-16(2)30-19(5)27-24-23(30)12-21(14-26-24)17(3)22-11-20(13-25-18(22)4)15-29-9-7-28(6)8-10-29/h11-14,16H,3,7-10,15H2,1-2,4-6H3. The smallest absolute Gasteiger partial charge is 0.177 e. The van der Waals surface area contributed by atoms with Crippen molar-refractivity contribution in [1.82, 2.24) is 29.3 Å². The highest BCUT2D eigenvalue weighted by molar-refractivity contribution is 5.84. The van der Waals surface area contributed by atoms with Gasteiger partial charge in [-0.05, 0) is 58.0 Å². The Hall–Kier alpha value is -2.57. The van der Waals surface area contributed by atoms with E-state index in [0.717, 1.165) is 72.1 Å². The topological polar surface area (TPSA) is 50.1 Å². The molecule has 158 valence electrons. The fourth-order valence-electron chi connectivity index (χ4n) is 4.30. The highest BCUT2D eigenvalue weighted by Gasteiger charge is 2.17. The van der Waals surface area contributed by atoms with Crippen molar-refractivity contribution in [2.75, 3.05) is 33.2 Å². The van der Waals surface area contributed by atoms with E-state index < -0.39 is 0 Å². The van der Waals surface area contributed by atoms with Crippen LogP contribution in [0, 0.1) is 13.8 Å². The van der Waals surface area contributed by atoms with Gasteiger partial charge < -0.3 is 9.47 Å². The summed E-state index contributed by atoms with van der Waals surface area (Å²) in [5.41, 5.74) is 7.15. The molecule has 3 aromatic rings. The van der Waals surface area contributed by atoms with Gasteiger partial charge in [0.1, 0.15) is 5.82 Å². The Morgan fingerprint density at radius 2 is 1.80 bits per heavy atom. The summed E-state index contributed by atoms with van der Waals surface area (Å²) in [6.07, 6.45) is 3.89.